The van der Waals surface area contributed by atoms with E-state index in [0.717, 1.165) is 18.2 Å². The smallest absolute Gasteiger partial charge is 0.416 e. The molecule has 11 heteroatoms. The average molecular weight is 469 g/mol. The zero-order chi connectivity index (χ0) is 23.3. The summed E-state index contributed by atoms with van der Waals surface area (Å²) in [6.45, 7) is -0.00460. The molecular formula is C21H19F4N3O3S. The summed E-state index contributed by atoms with van der Waals surface area (Å²) in [5, 5.41) is 21.1. The predicted octanol–water partition coefficient (Wildman–Crippen LogP) is 4.57. The van der Waals surface area contributed by atoms with Crippen LogP contribution in [0.25, 0.3) is 10.6 Å². The van der Waals surface area contributed by atoms with Gasteiger partial charge in [0.05, 0.1) is 21.7 Å². The number of aryl methyl sites for hydroxylation is 1. The van der Waals surface area contributed by atoms with E-state index in [1.54, 1.807) is 0 Å². The lowest BCUT2D eigenvalue weighted by atomic mass is 10.1. The Morgan fingerprint density at radius 3 is 2.47 bits per heavy atom. The van der Waals surface area contributed by atoms with Crippen molar-refractivity contribution >= 4 is 17.2 Å². The Morgan fingerprint density at radius 2 is 1.88 bits per heavy atom. The highest BCUT2D eigenvalue weighted by atomic mass is 32.1. The van der Waals surface area contributed by atoms with Crippen LogP contribution in [0.3, 0.4) is 0 Å². The van der Waals surface area contributed by atoms with Gasteiger partial charge in [-0.1, -0.05) is 17.3 Å². The Morgan fingerprint density at radius 1 is 1.16 bits per heavy atom. The molecule has 0 unspecified atom stereocenters. The molecule has 32 heavy (non-hydrogen) atoms. The quantitative estimate of drug-likeness (QED) is 0.148. The molecule has 3 rings (SSSR count). The average Bonchev–Trinajstić information content (AvgIpc) is 3.18. The third-order valence-electron chi connectivity index (χ3n) is 4.50. The summed E-state index contributed by atoms with van der Waals surface area (Å²) >= 11 is 1.25. The number of hydrogen-bond acceptors (Lipinski definition) is 6. The topological polar surface area (TPSA) is 101 Å². The maximum Gasteiger partial charge on any atom is 0.416 e. The number of oxime groups is 1. The largest absolute Gasteiger partial charge is 0.488 e. The molecule has 0 fully saturated rings. The number of rotatable bonds is 8. The lowest BCUT2D eigenvalue weighted by molar-refractivity contribution is -0.137. The van der Waals surface area contributed by atoms with Crippen molar-refractivity contribution in [2.75, 3.05) is 6.61 Å². The highest BCUT2D eigenvalue weighted by Gasteiger charge is 2.30. The number of aromatic nitrogens is 1. The fourth-order valence-corrected chi connectivity index (χ4v) is 3.89. The van der Waals surface area contributed by atoms with Gasteiger partial charge in [0.25, 0.3) is 0 Å². The number of aliphatic hydroxyl groups is 1. The number of amidine groups is 1. The molecule has 2 aromatic carbocycles. The van der Waals surface area contributed by atoms with Crippen molar-refractivity contribution in [2.24, 2.45) is 10.9 Å². The molecule has 0 spiro atoms. The van der Waals surface area contributed by atoms with Gasteiger partial charge in [-0.3, -0.25) is 0 Å². The number of thiazole rings is 1. The van der Waals surface area contributed by atoms with E-state index < -0.39 is 17.6 Å². The fourth-order valence-electron chi connectivity index (χ4n) is 2.86. The summed E-state index contributed by atoms with van der Waals surface area (Å²) in [4.78, 5) is 5.20. The van der Waals surface area contributed by atoms with Crippen molar-refractivity contribution in [1.29, 1.82) is 0 Å². The molecule has 1 aromatic heterocycles. The van der Waals surface area contributed by atoms with Crippen LogP contribution in [-0.2, 0) is 19.2 Å². The van der Waals surface area contributed by atoms with E-state index in [0.29, 0.717) is 34.0 Å². The van der Waals surface area contributed by atoms with Crippen LogP contribution < -0.4 is 10.5 Å². The third-order valence-corrected chi connectivity index (χ3v) is 5.62. The first-order chi connectivity index (χ1) is 15.2. The molecule has 4 N–H and O–H groups in total. The molecule has 0 aliphatic heterocycles. The van der Waals surface area contributed by atoms with Gasteiger partial charge in [0.2, 0.25) is 0 Å². The van der Waals surface area contributed by atoms with Gasteiger partial charge in [0.1, 0.15) is 23.2 Å². The number of ether oxygens (including phenoxy) is 1. The fraction of sp³-hybridized carbons (Fsp3) is 0.238. The summed E-state index contributed by atoms with van der Waals surface area (Å²) in [7, 11) is 0. The van der Waals surface area contributed by atoms with E-state index in [1.165, 1.54) is 35.6 Å². The lowest BCUT2D eigenvalue weighted by Crippen LogP contribution is -2.15. The molecule has 0 bridgehead atoms. The molecule has 0 saturated carbocycles. The van der Waals surface area contributed by atoms with Gasteiger partial charge in [-0.25, -0.2) is 9.37 Å². The first-order valence-corrected chi connectivity index (χ1v) is 10.2. The maximum absolute atomic E-state index is 14.1. The molecule has 0 aliphatic carbocycles. The van der Waals surface area contributed by atoms with Gasteiger partial charge in [-0.05, 0) is 37.1 Å². The van der Waals surface area contributed by atoms with Gasteiger partial charge in [0.15, 0.2) is 5.84 Å². The summed E-state index contributed by atoms with van der Waals surface area (Å²) in [5.74, 6) is -0.897. The summed E-state index contributed by atoms with van der Waals surface area (Å²) in [6, 6.07) is 8.55. The van der Waals surface area contributed by atoms with E-state index in [9.17, 15) is 17.6 Å². The van der Waals surface area contributed by atoms with E-state index in [4.69, 9.17) is 20.8 Å². The molecular weight excluding hydrogens is 450 g/mol. The molecule has 0 saturated heterocycles. The Kier molecular flexibility index (Phi) is 7.31. The van der Waals surface area contributed by atoms with Crippen LogP contribution in [0.4, 0.5) is 17.6 Å². The Hall–Kier alpha value is -3.18. The Balaban J connectivity index is 1.81. The normalized spacial score (nSPS) is 12.2. The minimum atomic E-state index is -4.43. The van der Waals surface area contributed by atoms with Crippen LogP contribution in [0.2, 0.25) is 0 Å². The Bertz CT molecular complexity index is 1100. The lowest BCUT2D eigenvalue weighted by Gasteiger charge is -2.08. The van der Waals surface area contributed by atoms with Crippen molar-refractivity contribution in [3.8, 4) is 16.3 Å². The van der Waals surface area contributed by atoms with Gasteiger partial charge in [-0.2, -0.15) is 13.2 Å². The van der Waals surface area contributed by atoms with Crippen molar-refractivity contribution in [1.82, 2.24) is 4.98 Å². The number of nitrogens with zero attached hydrogens (tertiary/aromatic N) is 2. The maximum atomic E-state index is 14.1. The Labute approximate surface area is 184 Å². The molecule has 0 amide bonds. The van der Waals surface area contributed by atoms with Crippen LogP contribution in [0.15, 0.2) is 47.6 Å². The monoisotopic (exact) mass is 469 g/mol. The molecule has 1 heterocycles. The minimum absolute atomic E-state index is 0.0431. The number of hydrogen-bond donors (Lipinski definition) is 3. The summed E-state index contributed by atoms with van der Waals surface area (Å²) in [5.41, 5.74) is 5.74. The predicted molar refractivity (Wildman–Crippen MR) is 111 cm³/mol. The van der Waals surface area contributed by atoms with E-state index in [2.05, 4.69) is 10.1 Å². The zero-order valence-electron chi connectivity index (χ0n) is 16.6. The van der Waals surface area contributed by atoms with Gasteiger partial charge in [-0.15, -0.1) is 11.3 Å². The van der Waals surface area contributed by atoms with Crippen LogP contribution in [0.5, 0.6) is 5.75 Å². The number of halogens is 4. The van der Waals surface area contributed by atoms with Crippen molar-refractivity contribution in [3.05, 3.63) is 70.0 Å². The number of nitrogens with two attached hydrogens (primary N) is 1. The van der Waals surface area contributed by atoms with Crippen LogP contribution in [-0.4, -0.2) is 27.7 Å². The van der Waals surface area contributed by atoms with Crippen molar-refractivity contribution in [3.63, 3.8) is 0 Å². The van der Waals surface area contributed by atoms with E-state index >= 15 is 0 Å². The second-order valence-corrected chi connectivity index (χ2v) is 7.79. The standard InChI is InChI=1S/C21H19F4N3O3S/c22-16-10-14(7-8-15(16)19(26)28-30)31-11-18-17(2-1-9-29)27-20(32-18)12-3-5-13(6-4-12)21(23,24)25/h3-8,10,29-30H,1-2,9,11H2,(H2,26,28). The van der Waals surface area contributed by atoms with Crippen molar-refractivity contribution < 1.29 is 32.6 Å². The first-order valence-electron chi connectivity index (χ1n) is 9.40. The first kappa shape index (κ1) is 23.5. The summed E-state index contributed by atoms with van der Waals surface area (Å²) < 4.78 is 58.2. The highest BCUT2D eigenvalue weighted by Crippen LogP contribution is 2.34. The number of aliphatic hydroxyl groups excluding tert-OH is 1. The van der Waals surface area contributed by atoms with Crippen LogP contribution in [0, 0.1) is 5.82 Å². The van der Waals surface area contributed by atoms with Crippen LogP contribution in [0.1, 0.15) is 28.1 Å². The SMILES string of the molecule is N/C(=N\O)c1ccc(OCc2sc(-c3ccc(C(F)(F)F)cc3)nc2CCCO)cc1F. The van der Waals surface area contributed by atoms with Crippen LogP contribution >= 0.6 is 11.3 Å². The highest BCUT2D eigenvalue weighted by molar-refractivity contribution is 7.15. The molecule has 0 radical (unpaired) electrons. The van der Waals surface area contributed by atoms with Crippen molar-refractivity contribution in [2.45, 2.75) is 25.6 Å². The number of alkyl halides is 3. The second-order valence-electron chi connectivity index (χ2n) is 6.71. The molecule has 6 nitrogen and oxygen atoms in total. The summed E-state index contributed by atoms with van der Waals surface area (Å²) in [6.07, 6.45) is -3.53. The molecule has 170 valence electrons. The molecule has 0 aliphatic rings. The minimum Gasteiger partial charge on any atom is -0.488 e. The van der Waals surface area contributed by atoms with Gasteiger partial charge >= 0.3 is 6.18 Å². The molecule has 0 atom stereocenters. The zero-order valence-corrected chi connectivity index (χ0v) is 17.4. The second kappa shape index (κ2) is 9.96. The molecule has 3 aromatic rings. The third kappa shape index (κ3) is 5.54. The van der Waals surface area contributed by atoms with E-state index in [1.807, 2.05) is 0 Å². The van der Waals surface area contributed by atoms with Gasteiger partial charge in [0, 0.05) is 18.2 Å². The number of benzene rings is 2. The van der Waals surface area contributed by atoms with Gasteiger partial charge < -0.3 is 20.8 Å². The van der Waals surface area contributed by atoms with E-state index in [-0.39, 0.29) is 30.4 Å².